The summed E-state index contributed by atoms with van der Waals surface area (Å²) in [5.74, 6) is 0.211. The molecule has 0 aliphatic rings. The van der Waals surface area contributed by atoms with Gasteiger partial charge in [-0.2, -0.15) is 5.10 Å². The first-order valence-electron chi connectivity index (χ1n) is 8.69. The number of hydrogen-bond donors (Lipinski definition) is 1. The average molecular weight is 363 g/mol. The molecule has 0 saturated carbocycles. The molecule has 0 unspecified atom stereocenters. The number of amides is 1. The highest BCUT2D eigenvalue weighted by Crippen LogP contribution is 2.17. The molecular weight excluding hydrogens is 342 g/mol. The van der Waals surface area contributed by atoms with Crippen LogP contribution in [0.25, 0.3) is 5.69 Å². The van der Waals surface area contributed by atoms with Crippen molar-refractivity contribution in [1.82, 2.24) is 9.78 Å². The summed E-state index contributed by atoms with van der Waals surface area (Å²) in [6, 6.07) is 14.3. The van der Waals surface area contributed by atoms with Gasteiger partial charge >= 0.3 is 0 Å². The third-order valence-electron chi connectivity index (χ3n) is 4.07. The van der Waals surface area contributed by atoms with Crippen molar-refractivity contribution in [3.63, 3.8) is 0 Å². The number of aromatic nitrogens is 2. The number of anilines is 1. The van der Waals surface area contributed by atoms with Crippen LogP contribution in [0.15, 0.2) is 59.5 Å². The fraction of sp³-hybridized carbons (Fsp3) is 0.190. The van der Waals surface area contributed by atoms with Crippen molar-refractivity contribution in [3.8, 4) is 11.4 Å². The van der Waals surface area contributed by atoms with Crippen molar-refractivity contribution in [2.75, 3.05) is 11.9 Å². The Balaban J connectivity index is 1.88. The lowest BCUT2D eigenvalue weighted by Crippen LogP contribution is -2.25. The van der Waals surface area contributed by atoms with Gasteiger partial charge in [-0.05, 0) is 56.7 Å². The lowest BCUT2D eigenvalue weighted by Gasteiger charge is -2.10. The molecule has 27 heavy (non-hydrogen) atoms. The third-order valence-corrected chi connectivity index (χ3v) is 4.07. The molecule has 0 bridgehead atoms. The van der Waals surface area contributed by atoms with E-state index in [2.05, 4.69) is 10.4 Å². The monoisotopic (exact) mass is 363 g/mol. The predicted octanol–water partition coefficient (Wildman–Crippen LogP) is 3.50. The smallest absolute Gasteiger partial charge is 0.280 e. The number of benzene rings is 2. The quantitative estimate of drug-likeness (QED) is 0.753. The van der Waals surface area contributed by atoms with Crippen LogP contribution < -0.4 is 15.5 Å². The highest BCUT2D eigenvalue weighted by molar-refractivity contribution is 6.03. The lowest BCUT2D eigenvalue weighted by molar-refractivity contribution is 0.101. The number of nitrogens with zero attached hydrogens (tertiary/aromatic N) is 2. The zero-order chi connectivity index (χ0) is 19.4. The number of hydrogen-bond acceptors (Lipinski definition) is 4. The van der Waals surface area contributed by atoms with Crippen LogP contribution in [0.4, 0.5) is 5.69 Å². The largest absolute Gasteiger partial charge is 0.494 e. The minimum Gasteiger partial charge on any atom is -0.494 e. The first-order chi connectivity index (χ1) is 13.0. The van der Waals surface area contributed by atoms with Gasteiger partial charge in [0.2, 0.25) is 5.43 Å². The van der Waals surface area contributed by atoms with Gasteiger partial charge in [0.1, 0.15) is 5.75 Å². The van der Waals surface area contributed by atoms with Crippen LogP contribution >= 0.6 is 0 Å². The van der Waals surface area contributed by atoms with Gasteiger partial charge in [-0.3, -0.25) is 9.59 Å². The molecule has 0 aliphatic heterocycles. The first-order valence-corrected chi connectivity index (χ1v) is 8.69. The summed E-state index contributed by atoms with van der Waals surface area (Å²) in [5.41, 5.74) is 2.81. The van der Waals surface area contributed by atoms with E-state index < -0.39 is 11.3 Å². The van der Waals surface area contributed by atoms with Gasteiger partial charge in [0, 0.05) is 18.0 Å². The summed E-state index contributed by atoms with van der Waals surface area (Å²) < 4.78 is 6.91. The van der Waals surface area contributed by atoms with E-state index in [4.69, 9.17) is 4.74 Å². The molecule has 6 nitrogen and oxygen atoms in total. The van der Waals surface area contributed by atoms with Crippen LogP contribution in [-0.4, -0.2) is 22.3 Å². The van der Waals surface area contributed by atoms with Crippen LogP contribution in [0.2, 0.25) is 0 Å². The molecule has 0 fully saturated rings. The maximum atomic E-state index is 12.6. The Kier molecular flexibility index (Phi) is 5.35. The van der Waals surface area contributed by atoms with Crippen molar-refractivity contribution in [2.45, 2.75) is 20.8 Å². The van der Waals surface area contributed by atoms with E-state index in [1.165, 1.54) is 16.9 Å². The van der Waals surface area contributed by atoms with E-state index in [9.17, 15) is 9.59 Å². The molecule has 0 radical (unpaired) electrons. The van der Waals surface area contributed by atoms with Crippen LogP contribution in [-0.2, 0) is 0 Å². The van der Waals surface area contributed by atoms with Crippen LogP contribution in [0, 0.1) is 13.8 Å². The molecule has 1 aromatic heterocycles. The molecule has 0 atom stereocenters. The molecule has 3 aromatic rings. The minimum absolute atomic E-state index is 0.161. The van der Waals surface area contributed by atoms with Gasteiger partial charge in [0.25, 0.3) is 5.91 Å². The number of carbonyl (C=O) groups is 1. The van der Waals surface area contributed by atoms with Gasteiger partial charge in [0.15, 0.2) is 5.69 Å². The number of nitrogens with one attached hydrogen (secondary N) is 1. The van der Waals surface area contributed by atoms with E-state index >= 15 is 0 Å². The number of ether oxygens (including phenoxy) is 1. The molecule has 0 saturated heterocycles. The Morgan fingerprint density at radius 1 is 1.11 bits per heavy atom. The number of carbonyl (C=O) groups excluding carboxylic acids is 1. The first kappa shape index (κ1) is 18.4. The maximum absolute atomic E-state index is 12.6. The van der Waals surface area contributed by atoms with Crippen molar-refractivity contribution in [1.29, 1.82) is 0 Å². The summed E-state index contributed by atoms with van der Waals surface area (Å²) in [5, 5.41) is 6.98. The Hall–Kier alpha value is -3.41. The van der Waals surface area contributed by atoms with E-state index in [0.29, 0.717) is 12.3 Å². The molecule has 1 amide bonds. The molecule has 3 rings (SSSR count). The summed E-state index contributed by atoms with van der Waals surface area (Å²) in [4.78, 5) is 24.7. The highest BCUT2D eigenvalue weighted by atomic mass is 16.5. The Morgan fingerprint density at radius 2 is 1.85 bits per heavy atom. The summed E-state index contributed by atoms with van der Waals surface area (Å²) >= 11 is 0. The van der Waals surface area contributed by atoms with Crippen molar-refractivity contribution in [3.05, 3.63) is 81.8 Å². The average Bonchev–Trinajstić information content (AvgIpc) is 2.65. The molecule has 1 heterocycles. The van der Waals surface area contributed by atoms with E-state index in [1.54, 1.807) is 0 Å². The standard InChI is InChI=1S/C21H21N3O3/c1-4-27-17-8-6-16(7-9-17)24-12-11-19(25)20(23-24)21(26)22-18-10-5-14(2)13-15(18)3/h5-13H,4H2,1-3H3,(H,22,26). The van der Waals surface area contributed by atoms with Crippen molar-refractivity contribution < 1.29 is 9.53 Å². The molecule has 138 valence electrons. The minimum atomic E-state index is -0.535. The van der Waals surface area contributed by atoms with Crippen molar-refractivity contribution in [2.24, 2.45) is 0 Å². The van der Waals surface area contributed by atoms with E-state index in [0.717, 1.165) is 22.6 Å². The van der Waals surface area contributed by atoms with E-state index in [-0.39, 0.29) is 5.69 Å². The third kappa shape index (κ3) is 4.23. The predicted molar refractivity (Wildman–Crippen MR) is 105 cm³/mol. The van der Waals surface area contributed by atoms with Gasteiger partial charge in [0.05, 0.1) is 12.3 Å². The molecule has 0 aliphatic carbocycles. The number of aryl methyl sites for hydroxylation is 2. The highest BCUT2D eigenvalue weighted by Gasteiger charge is 2.14. The van der Waals surface area contributed by atoms with Crippen LogP contribution in [0.3, 0.4) is 0 Å². The zero-order valence-electron chi connectivity index (χ0n) is 15.5. The molecular formula is C21H21N3O3. The topological polar surface area (TPSA) is 73.2 Å². The Bertz CT molecular complexity index is 1020. The van der Waals surface area contributed by atoms with Gasteiger partial charge in [-0.15, -0.1) is 0 Å². The van der Waals surface area contributed by atoms with E-state index in [1.807, 2.05) is 63.2 Å². The Morgan fingerprint density at radius 3 is 2.52 bits per heavy atom. The van der Waals surface area contributed by atoms with Gasteiger partial charge in [-0.1, -0.05) is 17.7 Å². The summed E-state index contributed by atoms with van der Waals surface area (Å²) in [6.07, 6.45) is 1.53. The second kappa shape index (κ2) is 7.86. The van der Waals surface area contributed by atoms with Crippen molar-refractivity contribution >= 4 is 11.6 Å². The molecule has 6 heteroatoms. The fourth-order valence-electron chi connectivity index (χ4n) is 2.71. The molecule has 0 spiro atoms. The molecule has 2 aromatic carbocycles. The van der Waals surface area contributed by atoms with Gasteiger partial charge < -0.3 is 10.1 Å². The lowest BCUT2D eigenvalue weighted by atomic mass is 10.1. The van der Waals surface area contributed by atoms with Crippen LogP contribution in [0.1, 0.15) is 28.5 Å². The maximum Gasteiger partial charge on any atom is 0.280 e. The summed E-state index contributed by atoms with van der Waals surface area (Å²) in [6.45, 7) is 6.38. The second-order valence-electron chi connectivity index (χ2n) is 6.17. The SMILES string of the molecule is CCOc1ccc(-n2ccc(=O)c(C(=O)Nc3ccc(C)cc3C)n2)cc1. The summed E-state index contributed by atoms with van der Waals surface area (Å²) in [7, 11) is 0. The second-order valence-corrected chi connectivity index (χ2v) is 6.17. The fourth-order valence-corrected chi connectivity index (χ4v) is 2.71. The van der Waals surface area contributed by atoms with Crippen LogP contribution in [0.5, 0.6) is 5.75 Å². The normalized spacial score (nSPS) is 10.5. The Labute approximate surface area is 157 Å². The molecule has 1 N–H and O–H groups in total. The number of rotatable bonds is 5. The zero-order valence-corrected chi connectivity index (χ0v) is 15.5. The van der Waals surface area contributed by atoms with Gasteiger partial charge in [-0.25, -0.2) is 4.68 Å².